The first-order valence-electron chi connectivity index (χ1n) is 7.86. The highest BCUT2D eigenvalue weighted by Crippen LogP contribution is 2.36. The van der Waals surface area contributed by atoms with Gasteiger partial charge in [0, 0.05) is 0 Å². The van der Waals surface area contributed by atoms with Gasteiger partial charge >= 0.3 is 0 Å². The SMILES string of the molecule is CCCCCCC(CCCC)Oc1cccc(O)c1O. The Labute approximate surface area is 122 Å². The van der Waals surface area contributed by atoms with E-state index in [1.54, 1.807) is 12.1 Å². The van der Waals surface area contributed by atoms with Crippen LogP contribution in [0.5, 0.6) is 17.2 Å². The normalized spacial score (nSPS) is 12.3. The predicted octanol–water partition coefficient (Wildman–Crippen LogP) is 5.01. The van der Waals surface area contributed by atoms with Crippen LogP contribution in [0, 0.1) is 0 Å². The van der Waals surface area contributed by atoms with E-state index in [0.29, 0.717) is 5.75 Å². The van der Waals surface area contributed by atoms with E-state index in [1.807, 2.05) is 0 Å². The van der Waals surface area contributed by atoms with Crippen LogP contribution in [0.1, 0.15) is 65.2 Å². The van der Waals surface area contributed by atoms with Crippen LogP contribution < -0.4 is 4.74 Å². The quantitative estimate of drug-likeness (QED) is 0.468. The molecule has 0 aliphatic rings. The standard InChI is InChI=1S/C17H28O3/c1-3-5-7-8-11-14(10-6-4-2)20-16-13-9-12-15(18)17(16)19/h9,12-14,18-19H,3-8,10-11H2,1-2H3. The van der Waals surface area contributed by atoms with Gasteiger partial charge in [0.1, 0.15) is 0 Å². The van der Waals surface area contributed by atoms with Crippen LogP contribution >= 0.6 is 0 Å². The third-order valence-electron chi connectivity index (χ3n) is 3.53. The van der Waals surface area contributed by atoms with Crippen LogP contribution in [0.15, 0.2) is 18.2 Å². The first-order chi connectivity index (χ1) is 9.69. The minimum atomic E-state index is -0.150. The highest BCUT2D eigenvalue weighted by Gasteiger charge is 2.14. The van der Waals surface area contributed by atoms with E-state index in [-0.39, 0.29) is 17.6 Å². The van der Waals surface area contributed by atoms with Crippen molar-refractivity contribution in [2.24, 2.45) is 0 Å². The maximum atomic E-state index is 9.81. The van der Waals surface area contributed by atoms with Crippen molar-refractivity contribution in [3.05, 3.63) is 18.2 Å². The summed E-state index contributed by atoms with van der Waals surface area (Å²) in [4.78, 5) is 0. The summed E-state index contributed by atoms with van der Waals surface area (Å²) in [6, 6.07) is 4.86. The molecule has 0 spiro atoms. The minimum absolute atomic E-state index is 0.122. The lowest BCUT2D eigenvalue weighted by Crippen LogP contribution is -2.16. The number of aromatic hydroxyl groups is 2. The molecule has 0 fully saturated rings. The molecule has 20 heavy (non-hydrogen) atoms. The third kappa shape index (κ3) is 5.72. The molecule has 1 unspecified atom stereocenters. The maximum Gasteiger partial charge on any atom is 0.200 e. The van der Waals surface area contributed by atoms with Crippen molar-refractivity contribution >= 4 is 0 Å². The molecule has 114 valence electrons. The predicted molar refractivity (Wildman–Crippen MR) is 82.5 cm³/mol. The second-order valence-electron chi connectivity index (χ2n) is 5.36. The van der Waals surface area contributed by atoms with E-state index in [4.69, 9.17) is 4.74 Å². The fraction of sp³-hybridized carbons (Fsp3) is 0.647. The molecule has 0 aliphatic heterocycles. The van der Waals surface area contributed by atoms with Crippen molar-refractivity contribution in [1.29, 1.82) is 0 Å². The summed E-state index contributed by atoms with van der Waals surface area (Å²) >= 11 is 0. The highest BCUT2D eigenvalue weighted by atomic mass is 16.5. The third-order valence-corrected chi connectivity index (χ3v) is 3.53. The topological polar surface area (TPSA) is 49.7 Å². The van der Waals surface area contributed by atoms with E-state index >= 15 is 0 Å². The van der Waals surface area contributed by atoms with E-state index in [0.717, 1.165) is 32.1 Å². The Morgan fingerprint density at radius 2 is 1.65 bits per heavy atom. The second kappa shape index (κ2) is 9.51. The molecule has 0 amide bonds. The molecule has 0 saturated carbocycles. The molecule has 1 atom stereocenters. The molecule has 3 nitrogen and oxygen atoms in total. The number of benzene rings is 1. The van der Waals surface area contributed by atoms with E-state index in [2.05, 4.69) is 13.8 Å². The van der Waals surface area contributed by atoms with Crippen molar-refractivity contribution in [1.82, 2.24) is 0 Å². The molecule has 0 aromatic heterocycles. The molecule has 0 aliphatic carbocycles. The highest BCUT2D eigenvalue weighted by molar-refractivity contribution is 5.48. The largest absolute Gasteiger partial charge is 0.504 e. The summed E-state index contributed by atoms with van der Waals surface area (Å²) < 4.78 is 5.90. The van der Waals surface area contributed by atoms with Gasteiger partial charge in [-0.2, -0.15) is 0 Å². The molecule has 1 rings (SSSR count). The Morgan fingerprint density at radius 1 is 0.950 bits per heavy atom. The lowest BCUT2D eigenvalue weighted by atomic mass is 10.0. The van der Waals surface area contributed by atoms with E-state index in [1.165, 1.54) is 25.3 Å². The Hall–Kier alpha value is -1.38. The van der Waals surface area contributed by atoms with Crippen molar-refractivity contribution in [3.8, 4) is 17.2 Å². The number of rotatable bonds is 10. The summed E-state index contributed by atoms with van der Waals surface area (Å²) in [6.45, 7) is 4.37. The van der Waals surface area contributed by atoms with Gasteiger partial charge < -0.3 is 14.9 Å². The number of unbranched alkanes of at least 4 members (excludes halogenated alkanes) is 4. The van der Waals surface area contributed by atoms with Gasteiger partial charge in [0.15, 0.2) is 11.5 Å². The number of phenolic OH excluding ortho intramolecular Hbond substituents is 2. The molecule has 2 N–H and O–H groups in total. The van der Waals surface area contributed by atoms with Crippen molar-refractivity contribution in [2.75, 3.05) is 0 Å². The molecule has 0 heterocycles. The lowest BCUT2D eigenvalue weighted by Gasteiger charge is -2.20. The molecule has 0 saturated heterocycles. The summed E-state index contributed by atoms with van der Waals surface area (Å²) in [5.41, 5.74) is 0. The van der Waals surface area contributed by atoms with E-state index in [9.17, 15) is 10.2 Å². The van der Waals surface area contributed by atoms with Gasteiger partial charge in [-0.15, -0.1) is 0 Å². The zero-order chi connectivity index (χ0) is 14.8. The van der Waals surface area contributed by atoms with Gasteiger partial charge in [0.2, 0.25) is 5.75 Å². The lowest BCUT2D eigenvalue weighted by molar-refractivity contribution is 0.166. The van der Waals surface area contributed by atoms with Gasteiger partial charge in [0.25, 0.3) is 0 Å². The van der Waals surface area contributed by atoms with Gasteiger partial charge in [-0.05, 0) is 31.4 Å². The minimum Gasteiger partial charge on any atom is -0.504 e. The second-order valence-corrected chi connectivity index (χ2v) is 5.36. The first kappa shape index (κ1) is 16.7. The van der Waals surface area contributed by atoms with Crippen LogP contribution in [-0.2, 0) is 0 Å². The summed E-state index contributed by atoms with van der Waals surface area (Å²) in [5, 5.41) is 19.3. The molecule has 0 bridgehead atoms. The summed E-state index contributed by atoms with van der Waals surface area (Å²) in [6.07, 6.45) is 9.27. The molecular formula is C17H28O3. The summed E-state index contributed by atoms with van der Waals surface area (Å²) in [7, 11) is 0. The molecule has 1 aromatic carbocycles. The average Bonchev–Trinajstić information content (AvgIpc) is 2.45. The molecule has 1 aromatic rings. The van der Waals surface area contributed by atoms with Crippen LogP contribution in [0.4, 0.5) is 0 Å². The average molecular weight is 280 g/mol. The Balaban J connectivity index is 2.56. The van der Waals surface area contributed by atoms with Gasteiger partial charge in [-0.3, -0.25) is 0 Å². The first-order valence-corrected chi connectivity index (χ1v) is 7.86. The van der Waals surface area contributed by atoms with Crippen LogP contribution in [0.3, 0.4) is 0 Å². The number of hydrogen-bond donors (Lipinski definition) is 2. The summed E-state index contributed by atoms with van der Waals surface area (Å²) in [5.74, 6) is 0.117. The van der Waals surface area contributed by atoms with Gasteiger partial charge in [-0.1, -0.05) is 52.0 Å². The van der Waals surface area contributed by atoms with Crippen LogP contribution in [0.2, 0.25) is 0 Å². The zero-order valence-electron chi connectivity index (χ0n) is 12.8. The molecular weight excluding hydrogens is 252 g/mol. The number of hydrogen-bond acceptors (Lipinski definition) is 3. The Kier molecular flexibility index (Phi) is 7.93. The van der Waals surface area contributed by atoms with Crippen molar-refractivity contribution < 1.29 is 14.9 Å². The fourth-order valence-corrected chi connectivity index (χ4v) is 2.28. The maximum absolute atomic E-state index is 9.81. The van der Waals surface area contributed by atoms with Crippen LogP contribution in [-0.4, -0.2) is 16.3 Å². The van der Waals surface area contributed by atoms with E-state index < -0.39 is 0 Å². The fourth-order valence-electron chi connectivity index (χ4n) is 2.28. The number of ether oxygens (including phenoxy) is 1. The molecule has 3 heteroatoms. The van der Waals surface area contributed by atoms with Crippen molar-refractivity contribution in [3.63, 3.8) is 0 Å². The monoisotopic (exact) mass is 280 g/mol. The smallest absolute Gasteiger partial charge is 0.200 e. The van der Waals surface area contributed by atoms with Crippen LogP contribution in [0.25, 0.3) is 0 Å². The number of para-hydroxylation sites is 1. The zero-order valence-corrected chi connectivity index (χ0v) is 12.8. The number of phenols is 2. The van der Waals surface area contributed by atoms with Gasteiger partial charge in [0.05, 0.1) is 6.10 Å². The molecule has 0 radical (unpaired) electrons. The Bertz CT molecular complexity index is 376. The van der Waals surface area contributed by atoms with Crippen molar-refractivity contribution in [2.45, 2.75) is 71.3 Å². The Morgan fingerprint density at radius 3 is 2.35 bits per heavy atom. The van der Waals surface area contributed by atoms with Gasteiger partial charge in [-0.25, -0.2) is 0 Å².